The molecule has 0 unspecified atom stereocenters. The van der Waals surface area contributed by atoms with Gasteiger partial charge in [0.15, 0.2) is 0 Å². The summed E-state index contributed by atoms with van der Waals surface area (Å²) < 4.78 is 4.59. The van der Waals surface area contributed by atoms with Crippen LogP contribution in [0.3, 0.4) is 0 Å². The van der Waals surface area contributed by atoms with Gasteiger partial charge in [-0.05, 0) is 19.8 Å². The lowest BCUT2D eigenvalue weighted by molar-refractivity contribution is 0.123. The molecule has 0 bridgehead atoms. The Hall–Kier alpha value is -0.730. The molecule has 1 rings (SSSR count). The quantitative estimate of drug-likeness (QED) is 0.582. The summed E-state index contributed by atoms with van der Waals surface area (Å²) in [7, 11) is 1.42. The minimum Gasteiger partial charge on any atom is -0.453 e. The molecule has 0 N–H and O–H groups in total. The fourth-order valence-electron chi connectivity index (χ4n) is 1.04. The van der Waals surface area contributed by atoms with Gasteiger partial charge < -0.3 is 9.64 Å². The van der Waals surface area contributed by atoms with Crippen LogP contribution in [0.4, 0.5) is 4.79 Å². The Balaban J connectivity index is 2.38. The summed E-state index contributed by atoms with van der Waals surface area (Å²) in [5.74, 6) is 0. The van der Waals surface area contributed by atoms with E-state index < -0.39 is 0 Å². The SMILES string of the molecule is CCN(C(=O)OC)C1CC1. The molecule has 0 spiro atoms. The first kappa shape index (κ1) is 7.38. The third-order valence-electron chi connectivity index (χ3n) is 1.74. The summed E-state index contributed by atoms with van der Waals surface area (Å²) in [4.78, 5) is 12.7. The highest BCUT2D eigenvalue weighted by Gasteiger charge is 2.31. The molecule has 1 aliphatic carbocycles. The van der Waals surface area contributed by atoms with Crippen molar-refractivity contribution in [3.05, 3.63) is 0 Å². The first-order valence-corrected chi connectivity index (χ1v) is 3.64. The van der Waals surface area contributed by atoms with Crippen molar-refractivity contribution < 1.29 is 9.53 Å². The van der Waals surface area contributed by atoms with Crippen LogP contribution in [0.25, 0.3) is 0 Å². The number of hydrogen-bond donors (Lipinski definition) is 0. The Morgan fingerprint density at radius 3 is 2.60 bits per heavy atom. The first-order chi connectivity index (χ1) is 4.79. The third-order valence-corrected chi connectivity index (χ3v) is 1.74. The van der Waals surface area contributed by atoms with Crippen molar-refractivity contribution in [2.45, 2.75) is 25.8 Å². The predicted octanol–water partition coefficient (Wildman–Crippen LogP) is 1.24. The van der Waals surface area contributed by atoms with E-state index in [1.54, 1.807) is 4.90 Å². The zero-order valence-electron chi connectivity index (χ0n) is 6.46. The van der Waals surface area contributed by atoms with Gasteiger partial charge in [0.05, 0.1) is 7.11 Å². The van der Waals surface area contributed by atoms with Gasteiger partial charge in [-0.3, -0.25) is 0 Å². The van der Waals surface area contributed by atoms with Crippen LogP contribution >= 0.6 is 0 Å². The molecule has 0 saturated heterocycles. The molecule has 0 heterocycles. The van der Waals surface area contributed by atoms with Gasteiger partial charge >= 0.3 is 6.09 Å². The van der Waals surface area contributed by atoms with Crippen molar-refractivity contribution >= 4 is 6.09 Å². The Bertz CT molecular complexity index is 132. The summed E-state index contributed by atoms with van der Waals surface area (Å²) in [5.41, 5.74) is 0. The van der Waals surface area contributed by atoms with Gasteiger partial charge in [-0.1, -0.05) is 0 Å². The highest BCUT2D eigenvalue weighted by molar-refractivity contribution is 5.68. The van der Waals surface area contributed by atoms with Crippen LogP contribution in [0, 0.1) is 0 Å². The van der Waals surface area contributed by atoms with Crippen molar-refractivity contribution in [1.82, 2.24) is 4.90 Å². The molecule has 0 atom stereocenters. The summed E-state index contributed by atoms with van der Waals surface area (Å²) >= 11 is 0. The second-order valence-corrected chi connectivity index (χ2v) is 2.49. The molecule has 3 nitrogen and oxygen atoms in total. The van der Waals surface area contributed by atoms with Crippen LogP contribution in [0.2, 0.25) is 0 Å². The third kappa shape index (κ3) is 1.40. The Morgan fingerprint density at radius 1 is 1.70 bits per heavy atom. The van der Waals surface area contributed by atoms with E-state index in [2.05, 4.69) is 4.74 Å². The molecule has 3 heteroatoms. The summed E-state index contributed by atoms with van der Waals surface area (Å²) in [5, 5.41) is 0. The van der Waals surface area contributed by atoms with Crippen molar-refractivity contribution in [3.8, 4) is 0 Å². The van der Waals surface area contributed by atoms with Crippen LogP contribution in [0.15, 0.2) is 0 Å². The zero-order valence-corrected chi connectivity index (χ0v) is 6.46. The molecule has 0 aromatic rings. The second-order valence-electron chi connectivity index (χ2n) is 2.49. The largest absolute Gasteiger partial charge is 0.453 e. The molecule has 1 fully saturated rings. The van der Waals surface area contributed by atoms with E-state index in [0.29, 0.717) is 6.04 Å². The Labute approximate surface area is 61.0 Å². The smallest absolute Gasteiger partial charge is 0.409 e. The van der Waals surface area contributed by atoms with Crippen molar-refractivity contribution in [2.75, 3.05) is 13.7 Å². The van der Waals surface area contributed by atoms with Gasteiger partial charge in [0.25, 0.3) is 0 Å². The normalized spacial score (nSPS) is 16.6. The van der Waals surface area contributed by atoms with E-state index in [1.807, 2.05) is 6.92 Å². The van der Waals surface area contributed by atoms with Gasteiger partial charge in [-0.25, -0.2) is 4.79 Å². The van der Waals surface area contributed by atoms with E-state index in [-0.39, 0.29) is 6.09 Å². The number of carbonyl (C=O) groups is 1. The molecule has 58 valence electrons. The van der Waals surface area contributed by atoms with Gasteiger partial charge in [0, 0.05) is 12.6 Å². The number of nitrogens with zero attached hydrogens (tertiary/aromatic N) is 1. The topological polar surface area (TPSA) is 29.5 Å². The molecule has 1 aliphatic rings. The Kier molecular flexibility index (Phi) is 2.14. The number of rotatable bonds is 2. The summed E-state index contributed by atoms with van der Waals surface area (Å²) in [6.07, 6.45) is 2.09. The van der Waals surface area contributed by atoms with Crippen LogP contribution in [-0.4, -0.2) is 30.7 Å². The minimum atomic E-state index is -0.190. The van der Waals surface area contributed by atoms with E-state index in [4.69, 9.17) is 0 Å². The average molecular weight is 143 g/mol. The molecule has 10 heavy (non-hydrogen) atoms. The van der Waals surface area contributed by atoms with Crippen molar-refractivity contribution in [3.63, 3.8) is 0 Å². The molecule has 1 amide bonds. The van der Waals surface area contributed by atoms with Crippen molar-refractivity contribution in [2.24, 2.45) is 0 Å². The van der Waals surface area contributed by atoms with Gasteiger partial charge in [0.1, 0.15) is 0 Å². The predicted molar refractivity (Wildman–Crippen MR) is 37.8 cm³/mol. The minimum absolute atomic E-state index is 0.190. The molecule has 1 saturated carbocycles. The second kappa shape index (κ2) is 2.90. The maximum absolute atomic E-state index is 10.9. The van der Waals surface area contributed by atoms with Gasteiger partial charge in [-0.2, -0.15) is 0 Å². The fourth-order valence-corrected chi connectivity index (χ4v) is 1.04. The monoisotopic (exact) mass is 143 g/mol. The lowest BCUT2D eigenvalue weighted by atomic mass is 10.5. The number of methoxy groups -OCH3 is 1. The van der Waals surface area contributed by atoms with Gasteiger partial charge in [0.2, 0.25) is 0 Å². The van der Waals surface area contributed by atoms with E-state index in [0.717, 1.165) is 19.4 Å². The van der Waals surface area contributed by atoms with E-state index >= 15 is 0 Å². The number of amides is 1. The molecular weight excluding hydrogens is 130 g/mol. The van der Waals surface area contributed by atoms with E-state index in [9.17, 15) is 4.79 Å². The van der Waals surface area contributed by atoms with Crippen molar-refractivity contribution in [1.29, 1.82) is 0 Å². The van der Waals surface area contributed by atoms with Crippen LogP contribution in [-0.2, 0) is 4.74 Å². The number of ether oxygens (including phenoxy) is 1. The maximum atomic E-state index is 10.9. The van der Waals surface area contributed by atoms with Crippen LogP contribution < -0.4 is 0 Å². The molecular formula is C7H13NO2. The number of hydrogen-bond acceptors (Lipinski definition) is 2. The molecule has 0 aromatic carbocycles. The summed E-state index contributed by atoms with van der Waals surface area (Å²) in [6, 6.07) is 0.470. The lowest BCUT2D eigenvalue weighted by Gasteiger charge is -2.17. The Morgan fingerprint density at radius 2 is 2.30 bits per heavy atom. The average Bonchev–Trinajstić information content (AvgIpc) is 2.73. The summed E-state index contributed by atoms with van der Waals surface area (Å²) in [6.45, 7) is 2.73. The fraction of sp³-hybridized carbons (Fsp3) is 0.857. The lowest BCUT2D eigenvalue weighted by Crippen LogP contribution is -2.32. The van der Waals surface area contributed by atoms with E-state index in [1.165, 1.54) is 7.11 Å². The van der Waals surface area contributed by atoms with Gasteiger partial charge in [-0.15, -0.1) is 0 Å². The maximum Gasteiger partial charge on any atom is 0.409 e. The highest BCUT2D eigenvalue weighted by atomic mass is 16.5. The number of carbonyl (C=O) groups excluding carboxylic acids is 1. The molecule has 0 aromatic heterocycles. The van der Waals surface area contributed by atoms with Crippen LogP contribution in [0.1, 0.15) is 19.8 Å². The first-order valence-electron chi connectivity index (χ1n) is 3.64. The zero-order chi connectivity index (χ0) is 7.56. The molecule has 0 radical (unpaired) electrons. The standard InChI is InChI=1S/C7H13NO2/c1-3-8(6-4-5-6)7(9)10-2/h6H,3-5H2,1-2H3. The molecule has 0 aliphatic heterocycles. The highest BCUT2D eigenvalue weighted by Crippen LogP contribution is 2.26. The van der Waals surface area contributed by atoms with Crippen LogP contribution in [0.5, 0.6) is 0 Å².